The molecule has 310 valence electrons. The number of rotatable bonds is 10. The number of phenolic OH excluding ortho intramolecular Hbond substituents is 1. The van der Waals surface area contributed by atoms with Crippen LogP contribution in [0.3, 0.4) is 0 Å². The number of benzene rings is 2. The van der Waals surface area contributed by atoms with E-state index in [0.29, 0.717) is 37.7 Å². The second-order valence-corrected chi connectivity index (χ2v) is 16.4. The lowest BCUT2D eigenvalue weighted by molar-refractivity contribution is -0.120. The monoisotopic (exact) mass is 819 g/mol. The average Bonchev–Trinajstić information content (AvgIpc) is 3.89. The van der Waals surface area contributed by atoms with Crippen molar-refractivity contribution in [2.24, 2.45) is 11.3 Å². The molecule has 3 saturated heterocycles. The number of hydrogen-bond donors (Lipinski definition) is 3. The van der Waals surface area contributed by atoms with Gasteiger partial charge in [0.1, 0.15) is 0 Å². The summed E-state index contributed by atoms with van der Waals surface area (Å²) in [5, 5.41) is 24.3. The van der Waals surface area contributed by atoms with Gasteiger partial charge in [-0.15, -0.1) is 0 Å². The van der Waals surface area contributed by atoms with Gasteiger partial charge in [-0.3, -0.25) is 29.4 Å². The highest BCUT2D eigenvalue weighted by Gasteiger charge is 2.65. The molecular formula is C41H42F5N9O4. The lowest BCUT2D eigenvalue weighted by Gasteiger charge is -2.51. The van der Waals surface area contributed by atoms with Crippen LogP contribution in [0.1, 0.15) is 60.5 Å². The van der Waals surface area contributed by atoms with Crippen LogP contribution in [0.5, 0.6) is 5.75 Å². The Labute approximate surface area is 334 Å². The van der Waals surface area contributed by atoms with E-state index in [1.807, 2.05) is 57.2 Å². The van der Waals surface area contributed by atoms with Crippen LogP contribution in [0.15, 0.2) is 55.0 Å². The summed E-state index contributed by atoms with van der Waals surface area (Å²) in [6.07, 6.45) is 10.1. The zero-order valence-electron chi connectivity index (χ0n) is 31.9. The Morgan fingerprint density at radius 3 is 2.54 bits per heavy atom. The maximum atomic E-state index is 15.6. The van der Waals surface area contributed by atoms with Crippen molar-refractivity contribution in [2.75, 3.05) is 55.6 Å². The molecule has 3 aliphatic heterocycles. The van der Waals surface area contributed by atoms with Crippen molar-refractivity contribution in [1.82, 2.24) is 34.9 Å². The van der Waals surface area contributed by atoms with Crippen LogP contribution in [-0.4, -0.2) is 99.0 Å². The molecule has 3 N–H and O–H groups in total. The number of amides is 4. The standard InChI is InChI=1S/C41H42F5N9O4/c42-30-15-29(35(43)36(44)37(30)57)38(58)47-16-24-3-7-27(8-4-24)54-19-26-6-9-28(14-31(26)50-54)52-21-40(22-52)20-51(23-41(40,45)46)12-1-2-25-5-10-32-33(17-48-55(32)18-25)53-13-11-34(56)49-39(53)59/h5-6,9-10,14-15,17-19,24,27,57H,1-4,7-8,11-13,16,20-23H2,(H,47,58)(H,49,56,59)/t24-,27-. The predicted octanol–water partition coefficient (Wildman–Crippen LogP) is 5.80. The molecule has 59 heavy (non-hydrogen) atoms. The molecule has 1 spiro atoms. The maximum absolute atomic E-state index is 15.6. The van der Waals surface area contributed by atoms with Crippen molar-refractivity contribution in [3.63, 3.8) is 0 Å². The Morgan fingerprint density at radius 1 is 0.966 bits per heavy atom. The van der Waals surface area contributed by atoms with Crippen LogP contribution in [0.4, 0.5) is 38.1 Å². The molecule has 4 aliphatic rings. The van der Waals surface area contributed by atoms with Crippen LogP contribution in [-0.2, 0) is 11.2 Å². The molecule has 3 aromatic heterocycles. The Bertz CT molecular complexity index is 2480. The van der Waals surface area contributed by atoms with Gasteiger partial charge in [0, 0.05) is 62.6 Å². The van der Waals surface area contributed by atoms with Crippen molar-refractivity contribution in [3.8, 4) is 5.75 Å². The number of fused-ring (bicyclic) bond motifs is 2. The highest BCUT2D eigenvalue weighted by molar-refractivity contribution is 6.07. The third-order valence-corrected chi connectivity index (χ3v) is 12.5. The SMILES string of the molecule is O=C1CCN(c2cnn3cc(CCCN4CC(F)(F)C5(C4)CN(c4ccc6cn([C@H]7CC[C@H](CNC(=O)c8cc(F)c(O)c(F)c8F)CC7)nc6c4)C5)ccc23)C(=O)N1. The number of halogens is 5. The van der Waals surface area contributed by atoms with Gasteiger partial charge in [-0.1, -0.05) is 6.07 Å². The predicted molar refractivity (Wildman–Crippen MR) is 206 cm³/mol. The van der Waals surface area contributed by atoms with Crippen molar-refractivity contribution in [3.05, 3.63) is 83.6 Å². The molecule has 9 rings (SSSR count). The molecule has 13 nitrogen and oxygen atoms in total. The van der Waals surface area contributed by atoms with Gasteiger partial charge in [0.05, 0.1) is 46.5 Å². The molecule has 1 aliphatic carbocycles. The number of carbonyl (C=O) groups excluding carboxylic acids is 3. The summed E-state index contributed by atoms with van der Waals surface area (Å²) in [5.74, 6) is -10.3. The van der Waals surface area contributed by atoms with Crippen molar-refractivity contribution in [2.45, 2.75) is 56.9 Å². The Balaban J connectivity index is 0.754. The smallest absolute Gasteiger partial charge is 0.328 e. The van der Waals surface area contributed by atoms with Gasteiger partial charge in [-0.2, -0.15) is 14.6 Å². The van der Waals surface area contributed by atoms with E-state index in [0.717, 1.165) is 53.4 Å². The first-order valence-electron chi connectivity index (χ1n) is 19.8. The van der Waals surface area contributed by atoms with Gasteiger partial charge in [0.15, 0.2) is 17.4 Å². The number of carbonyl (C=O) groups is 3. The van der Waals surface area contributed by atoms with E-state index in [9.17, 15) is 32.7 Å². The minimum absolute atomic E-state index is 0.0741. The summed E-state index contributed by atoms with van der Waals surface area (Å²) in [6.45, 7) is 1.53. The van der Waals surface area contributed by atoms with Crippen molar-refractivity contribution < 1.29 is 41.4 Å². The van der Waals surface area contributed by atoms with Gasteiger partial charge in [0.2, 0.25) is 11.7 Å². The number of likely N-dealkylation sites (tertiary alicyclic amines) is 1. The van der Waals surface area contributed by atoms with E-state index in [2.05, 4.69) is 15.7 Å². The zero-order chi connectivity index (χ0) is 41.2. The normalized spacial score (nSPS) is 21.7. The lowest BCUT2D eigenvalue weighted by Crippen LogP contribution is -2.64. The minimum Gasteiger partial charge on any atom is -0.503 e. The van der Waals surface area contributed by atoms with E-state index in [-0.39, 0.29) is 57.0 Å². The molecule has 4 fully saturated rings. The van der Waals surface area contributed by atoms with Gasteiger partial charge in [0.25, 0.3) is 11.8 Å². The first-order chi connectivity index (χ1) is 28.3. The number of urea groups is 1. The molecule has 0 unspecified atom stereocenters. The Kier molecular flexibility index (Phi) is 9.71. The van der Waals surface area contributed by atoms with Crippen molar-refractivity contribution in [1.29, 1.82) is 0 Å². The zero-order valence-corrected chi connectivity index (χ0v) is 31.9. The number of imide groups is 1. The first kappa shape index (κ1) is 38.7. The number of aromatic hydroxyl groups is 1. The van der Waals surface area contributed by atoms with Crippen molar-refractivity contribution >= 4 is 45.6 Å². The highest BCUT2D eigenvalue weighted by atomic mass is 19.3. The second kappa shape index (κ2) is 14.8. The fourth-order valence-corrected chi connectivity index (χ4v) is 9.18. The first-order valence-corrected chi connectivity index (χ1v) is 19.8. The molecule has 0 atom stereocenters. The maximum Gasteiger partial charge on any atom is 0.328 e. The second-order valence-electron chi connectivity index (χ2n) is 16.4. The number of aromatic nitrogens is 4. The Hall–Kier alpha value is -5.78. The fraction of sp³-hybridized carbons (Fsp3) is 0.439. The average molecular weight is 820 g/mol. The molecule has 2 aromatic carbocycles. The van der Waals surface area contributed by atoms with E-state index >= 15 is 8.78 Å². The summed E-state index contributed by atoms with van der Waals surface area (Å²) >= 11 is 0. The van der Waals surface area contributed by atoms with E-state index in [1.54, 1.807) is 10.7 Å². The molecule has 6 heterocycles. The summed E-state index contributed by atoms with van der Waals surface area (Å²) in [7, 11) is 0. The number of pyridine rings is 1. The number of anilines is 2. The number of hydrogen-bond acceptors (Lipinski definition) is 8. The third kappa shape index (κ3) is 7.10. The molecule has 4 amide bonds. The van der Waals surface area contributed by atoms with E-state index in [4.69, 9.17) is 5.10 Å². The number of alkyl halides is 2. The van der Waals surface area contributed by atoms with E-state index < -0.39 is 52.0 Å². The largest absolute Gasteiger partial charge is 0.503 e. The quantitative estimate of drug-likeness (QED) is 0.119. The third-order valence-electron chi connectivity index (χ3n) is 12.5. The van der Waals surface area contributed by atoms with Gasteiger partial charge >= 0.3 is 6.03 Å². The van der Waals surface area contributed by atoms with Crippen LogP contribution in [0.2, 0.25) is 0 Å². The summed E-state index contributed by atoms with van der Waals surface area (Å²) in [6, 6.07) is 9.80. The molecule has 1 saturated carbocycles. The molecule has 0 radical (unpaired) electrons. The van der Waals surface area contributed by atoms with Gasteiger partial charge < -0.3 is 15.3 Å². The van der Waals surface area contributed by atoms with Gasteiger partial charge in [-0.25, -0.2) is 26.9 Å². The van der Waals surface area contributed by atoms with Crippen LogP contribution >= 0.6 is 0 Å². The van der Waals surface area contributed by atoms with Crippen LogP contribution < -0.4 is 20.4 Å². The van der Waals surface area contributed by atoms with E-state index in [1.165, 1.54) is 4.90 Å². The number of nitrogens with one attached hydrogen (secondary N) is 2. The lowest BCUT2D eigenvalue weighted by atomic mass is 9.76. The topological polar surface area (TPSA) is 140 Å². The number of aryl methyl sites for hydroxylation is 1. The minimum atomic E-state index is -2.83. The summed E-state index contributed by atoms with van der Waals surface area (Å²) in [4.78, 5) is 41.7. The van der Waals surface area contributed by atoms with Gasteiger partial charge in [-0.05, 0) is 86.9 Å². The molecular weight excluding hydrogens is 778 g/mol. The summed E-state index contributed by atoms with van der Waals surface area (Å²) in [5.41, 5.74) is 2.03. The number of phenols is 1. The summed E-state index contributed by atoms with van der Waals surface area (Å²) < 4.78 is 76.4. The highest BCUT2D eigenvalue weighted by Crippen LogP contribution is 2.51. The molecule has 0 bridgehead atoms. The van der Waals surface area contributed by atoms with Crippen LogP contribution in [0, 0.1) is 28.8 Å². The van der Waals surface area contributed by atoms with Crippen LogP contribution in [0.25, 0.3) is 16.4 Å². The fourth-order valence-electron chi connectivity index (χ4n) is 9.18. The molecule has 5 aromatic rings. The number of nitrogens with zero attached hydrogens (tertiary/aromatic N) is 7. The Morgan fingerprint density at radius 2 is 1.76 bits per heavy atom. The molecule has 18 heteroatoms.